The Balaban J connectivity index is 3.33. The van der Waals surface area contributed by atoms with E-state index in [1.807, 2.05) is 6.07 Å². The highest BCUT2D eigenvalue weighted by atomic mass is 19.3. The molecule has 0 aliphatic heterocycles. The van der Waals surface area contributed by atoms with Gasteiger partial charge in [-0.25, -0.2) is 8.78 Å². The van der Waals surface area contributed by atoms with Crippen molar-refractivity contribution in [1.29, 1.82) is 5.26 Å². The standard InChI is InChI=1S/C9H8F2N2/c1-5-7(4-12)3-8(9(10)11)6(2)13-5/h3,9H,1-2H3. The van der Waals surface area contributed by atoms with Crippen molar-refractivity contribution in [2.45, 2.75) is 20.3 Å². The van der Waals surface area contributed by atoms with Crippen LogP contribution in [0.25, 0.3) is 0 Å². The lowest BCUT2D eigenvalue weighted by atomic mass is 10.1. The number of rotatable bonds is 1. The summed E-state index contributed by atoms with van der Waals surface area (Å²) < 4.78 is 24.7. The fourth-order valence-corrected chi connectivity index (χ4v) is 1.07. The second kappa shape index (κ2) is 3.48. The number of hydrogen-bond acceptors (Lipinski definition) is 2. The molecule has 68 valence electrons. The topological polar surface area (TPSA) is 36.7 Å². The van der Waals surface area contributed by atoms with Gasteiger partial charge in [0, 0.05) is 11.3 Å². The van der Waals surface area contributed by atoms with Crippen LogP contribution in [-0.4, -0.2) is 4.98 Å². The Hall–Kier alpha value is -1.50. The fraction of sp³-hybridized carbons (Fsp3) is 0.333. The first-order valence-electron chi connectivity index (χ1n) is 3.72. The quantitative estimate of drug-likeness (QED) is 0.669. The van der Waals surface area contributed by atoms with Crippen molar-refractivity contribution in [1.82, 2.24) is 4.98 Å². The monoisotopic (exact) mass is 182 g/mol. The van der Waals surface area contributed by atoms with Crippen LogP contribution in [0.5, 0.6) is 0 Å². The maximum Gasteiger partial charge on any atom is 0.265 e. The lowest BCUT2D eigenvalue weighted by Crippen LogP contribution is -1.98. The van der Waals surface area contributed by atoms with Crippen LogP contribution in [-0.2, 0) is 0 Å². The van der Waals surface area contributed by atoms with Gasteiger partial charge >= 0.3 is 0 Å². The number of alkyl halides is 2. The molecule has 0 atom stereocenters. The van der Waals surface area contributed by atoms with E-state index in [9.17, 15) is 8.78 Å². The molecule has 0 fully saturated rings. The summed E-state index contributed by atoms with van der Waals surface area (Å²) in [6.45, 7) is 3.14. The summed E-state index contributed by atoms with van der Waals surface area (Å²) in [6.07, 6.45) is -2.57. The second-order valence-electron chi connectivity index (χ2n) is 2.71. The molecule has 13 heavy (non-hydrogen) atoms. The van der Waals surface area contributed by atoms with Gasteiger partial charge in [-0.3, -0.25) is 4.98 Å². The van der Waals surface area contributed by atoms with Gasteiger partial charge in [0.25, 0.3) is 6.43 Å². The van der Waals surface area contributed by atoms with Crippen LogP contribution in [0, 0.1) is 25.2 Å². The van der Waals surface area contributed by atoms with Gasteiger partial charge in [-0.1, -0.05) is 0 Å². The van der Waals surface area contributed by atoms with Crippen molar-refractivity contribution in [3.05, 3.63) is 28.6 Å². The maximum atomic E-state index is 12.3. The highest BCUT2D eigenvalue weighted by Gasteiger charge is 2.13. The van der Waals surface area contributed by atoms with E-state index < -0.39 is 6.43 Å². The molecular weight excluding hydrogens is 174 g/mol. The molecule has 0 N–H and O–H groups in total. The minimum Gasteiger partial charge on any atom is -0.257 e. The second-order valence-corrected chi connectivity index (χ2v) is 2.71. The van der Waals surface area contributed by atoms with E-state index in [1.54, 1.807) is 6.92 Å². The first-order valence-corrected chi connectivity index (χ1v) is 3.72. The summed E-state index contributed by atoms with van der Waals surface area (Å²) in [6, 6.07) is 3.02. The number of hydrogen-bond donors (Lipinski definition) is 0. The molecule has 1 heterocycles. The number of halogens is 2. The van der Waals surface area contributed by atoms with Gasteiger partial charge in [-0.15, -0.1) is 0 Å². The SMILES string of the molecule is Cc1nc(C)c(C(F)F)cc1C#N. The number of pyridine rings is 1. The Morgan fingerprint density at radius 3 is 2.46 bits per heavy atom. The third-order valence-corrected chi connectivity index (χ3v) is 1.80. The Labute approximate surface area is 74.8 Å². The lowest BCUT2D eigenvalue weighted by molar-refractivity contribution is 0.150. The van der Waals surface area contributed by atoms with E-state index in [2.05, 4.69) is 4.98 Å². The molecule has 4 heteroatoms. The molecule has 0 saturated heterocycles. The van der Waals surface area contributed by atoms with Crippen molar-refractivity contribution >= 4 is 0 Å². The Bertz CT molecular complexity index is 367. The van der Waals surface area contributed by atoms with Crippen molar-refractivity contribution in [3.8, 4) is 6.07 Å². The number of nitriles is 1. The van der Waals surface area contributed by atoms with Gasteiger partial charge in [-0.2, -0.15) is 5.26 Å². The Morgan fingerprint density at radius 1 is 1.38 bits per heavy atom. The molecule has 0 unspecified atom stereocenters. The minimum absolute atomic E-state index is 0.165. The molecule has 0 amide bonds. The average molecular weight is 182 g/mol. The van der Waals surface area contributed by atoms with E-state index >= 15 is 0 Å². The van der Waals surface area contributed by atoms with Crippen LogP contribution in [0.2, 0.25) is 0 Å². The Morgan fingerprint density at radius 2 is 2.00 bits per heavy atom. The lowest BCUT2D eigenvalue weighted by Gasteiger charge is -2.05. The number of aromatic nitrogens is 1. The smallest absolute Gasteiger partial charge is 0.257 e. The molecule has 0 aliphatic rings. The zero-order valence-corrected chi connectivity index (χ0v) is 7.31. The summed E-state index contributed by atoms with van der Waals surface area (Å²) in [5, 5.41) is 8.58. The van der Waals surface area contributed by atoms with Crippen molar-refractivity contribution in [3.63, 3.8) is 0 Å². The highest BCUT2D eigenvalue weighted by molar-refractivity contribution is 5.38. The molecular formula is C9H8F2N2. The molecule has 1 aromatic heterocycles. The summed E-state index contributed by atoms with van der Waals surface area (Å²) in [5.74, 6) is 0. The van der Waals surface area contributed by atoms with Gasteiger partial charge in [0.2, 0.25) is 0 Å². The van der Waals surface area contributed by atoms with Crippen LogP contribution in [0.3, 0.4) is 0 Å². The highest BCUT2D eigenvalue weighted by Crippen LogP contribution is 2.23. The fourth-order valence-electron chi connectivity index (χ4n) is 1.07. The largest absolute Gasteiger partial charge is 0.265 e. The van der Waals surface area contributed by atoms with Crippen molar-refractivity contribution < 1.29 is 8.78 Å². The molecule has 2 nitrogen and oxygen atoms in total. The van der Waals surface area contributed by atoms with Crippen LogP contribution in [0.15, 0.2) is 6.07 Å². The van der Waals surface area contributed by atoms with Gasteiger partial charge < -0.3 is 0 Å². The molecule has 0 aliphatic carbocycles. The van der Waals surface area contributed by atoms with Crippen LogP contribution in [0.4, 0.5) is 8.78 Å². The molecule has 0 bridgehead atoms. The summed E-state index contributed by atoms with van der Waals surface area (Å²) in [4.78, 5) is 3.86. The van der Waals surface area contributed by atoms with Gasteiger partial charge in [0.05, 0.1) is 11.3 Å². The summed E-state index contributed by atoms with van der Waals surface area (Å²) in [5.41, 5.74) is 0.818. The predicted octanol–water partition coefficient (Wildman–Crippen LogP) is 2.51. The molecule has 0 radical (unpaired) electrons. The summed E-state index contributed by atoms with van der Waals surface area (Å²) in [7, 11) is 0. The van der Waals surface area contributed by atoms with Gasteiger partial charge in [0.15, 0.2) is 0 Å². The van der Waals surface area contributed by atoms with Gasteiger partial charge in [0.1, 0.15) is 6.07 Å². The van der Waals surface area contributed by atoms with Crippen LogP contribution in [0.1, 0.15) is 28.9 Å². The van der Waals surface area contributed by atoms with E-state index in [4.69, 9.17) is 5.26 Å². The number of nitrogens with zero attached hydrogens (tertiary/aromatic N) is 2. The molecule has 0 spiro atoms. The maximum absolute atomic E-state index is 12.3. The zero-order chi connectivity index (χ0) is 10.0. The molecule has 0 aromatic carbocycles. The van der Waals surface area contributed by atoms with E-state index in [1.165, 1.54) is 13.0 Å². The normalized spacial score (nSPS) is 10.2. The van der Waals surface area contributed by atoms with Crippen LogP contribution >= 0.6 is 0 Å². The van der Waals surface area contributed by atoms with Crippen molar-refractivity contribution in [2.24, 2.45) is 0 Å². The molecule has 1 rings (SSSR count). The summed E-state index contributed by atoms with van der Waals surface area (Å²) >= 11 is 0. The van der Waals surface area contributed by atoms with Crippen molar-refractivity contribution in [2.75, 3.05) is 0 Å². The molecule has 0 saturated carbocycles. The van der Waals surface area contributed by atoms with Crippen LogP contribution < -0.4 is 0 Å². The van der Waals surface area contributed by atoms with E-state index in [-0.39, 0.29) is 16.8 Å². The molecule has 1 aromatic rings. The average Bonchev–Trinajstić information content (AvgIpc) is 2.03. The van der Waals surface area contributed by atoms with E-state index in [0.717, 1.165) is 0 Å². The third-order valence-electron chi connectivity index (χ3n) is 1.80. The first kappa shape index (κ1) is 9.59. The van der Waals surface area contributed by atoms with Gasteiger partial charge in [-0.05, 0) is 19.9 Å². The number of aryl methyl sites for hydroxylation is 2. The zero-order valence-electron chi connectivity index (χ0n) is 7.31. The van der Waals surface area contributed by atoms with E-state index in [0.29, 0.717) is 5.69 Å². The predicted molar refractivity (Wildman–Crippen MR) is 43.4 cm³/mol. The third kappa shape index (κ3) is 1.81. The Kier molecular flexibility index (Phi) is 2.57. The minimum atomic E-state index is -2.57. The first-order chi connectivity index (χ1) is 6.06.